The highest BCUT2D eigenvalue weighted by Crippen LogP contribution is 2.25. The number of phenolic OH excluding ortho intramolecular Hbond substituents is 1. The Labute approximate surface area is 142 Å². The quantitative estimate of drug-likeness (QED) is 0.662. The van der Waals surface area contributed by atoms with Crippen LogP contribution in [0.15, 0.2) is 42.5 Å². The van der Waals surface area contributed by atoms with Crippen molar-refractivity contribution in [1.82, 2.24) is 0 Å². The van der Waals surface area contributed by atoms with E-state index in [1.165, 1.54) is 19.2 Å². The molecule has 4 heteroatoms. The molecule has 0 atom stereocenters. The molecule has 0 aliphatic carbocycles. The lowest BCUT2D eigenvalue weighted by molar-refractivity contribution is 0.0893. The van der Waals surface area contributed by atoms with Gasteiger partial charge in [0.2, 0.25) is 0 Å². The minimum atomic E-state index is -0.434. The van der Waals surface area contributed by atoms with Crippen LogP contribution in [0.2, 0.25) is 0 Å². The first-order valence-corrected chi connectivity index (χ1v) is 7.76. The summed E-state index contributed by atoms with van der Waals surface area (Å²) >= 11 is 0. The summed E-state index contributed by atoms with van der Waals surface area (Å²) in [5.41, 5.74) is 1.70. The van der Waals surface area contributed by atoms with Gasteiger partial charge in [0.15, 0.2) is 11.6 Å². The van der Waals surface area contributed by atoms with Crippen LogP contribution in [-0.2, 0) is 5.41 Å². The normalized spacial score (nSPS) is 11.2. The fourth-order valence-electron chi connectivity index (χ4n) is 2.36. The largest absolute Gasteiger partial charge is 0.507 e. The van der Waals surface area contributed by atoms with Gasteiger partial charge in [-0.3, -0.25) is 9.59 Å². The fraction of sp³-hybridized carbons (Fsp3) is 0.300. The van der Waals surface area contributed by atoms with Gasteiger partial charge in [-0.25, -0.2) is 0 Å². The third-order valence-electron chi connectivity index (χ3n) is 3.90. The SMILES string of the molecule is COc1ccc(O)c(C(=O)CC(=O)c2ccc(C(C)(C)C)cc2)c1. The van der Waals surface area contributed by atoms with Crippen LogP contribution in [0.4, 0.5) is 0 Å². The van der Waals surface area contributed by atoms with Gasteiger partial charge in [0.25, 0.3) is 0 Å². The lowest BCUT2D eigenvalue weighted by Crippen LogP contribution is -2.12. The maximum Gasteiger partial charge on any atom is 0.174 e. The molecule has 0 aliphatic rings. The first-order valence-electron chi connectivity index (χ1n) is 7.76. The molecule has 2 aromatic rings. The fourth-order valence-corrected chi connectivity index (χ4v) is 2.36. The summed E-state index contributed by atoms with van der Waals surface area (Å²) in [7, 11) is 1.47. The molecule has 2 aromatic carbocycles. The highest BCUT2D eigenvalue weighted by atomic mass is 16.5. The summed E-state index contributed by atoms with van der Waals surface area (Å²) in [6.45, 7) is 6.29. The van der Waals surface area contributed by atoms with Gasteiger partial charge in [0, 0.05) is 5.56 Å². The molecular formula is C20H22O4. The van der Waals surface area contributed by atoms with Gasteiger partial charge in [0.05, 0.1) is 19.1 Å². The summed E-state index contributed by atoms with van der Waals surface area (Å²) in [6.07, 6.45) is -0.296. The highest BCUT2D eigenvalue weighted by molar-refractivity contribution is 6.14. The molecule has 0 fully saturated rings. The van der Waals surface area contributed by atoms with Crippen molar-refractivity contribution < 1.29 is 19.4 Å². The van der Waals surface area contributed by atoms with Crippen molar-refractivity contribution in [2.45, 2.75) is 32.6 Å². The lowest BCUT2D eigenvalue weighted by Gasteiger charge is -2.18. The number of rotatable bonds is 5. The molecule has 126 valence electrons. The van der Waals surface area contributed by atoms with Crippen LogP contribution in [0.3, 0.4) is 0 Å². The second-order valence-electron chi connectivity index (χ2n) is 6.73. The zero-order chi connectivity index (χ0) is 17.9. The van der Waals surface area contributed by atoms with E-state index in [9.17, 15) is 14.7 Å². The van der Waals surface area contributed by atoms with Gasteiger partial charge in [-0.2, -0.15) is 0 Å². The van der Waals surface area contributed by atoms with E-state index >= 15 is 0 Å². The average molecular weight is 326 g/mol. The Balaban J connectivity index is 2.16. The molecule has 0 aromatic heterocycles. The number of carbonyl (C=O) groups excluding carboxylic acids is 2. The molecular weight excluding hydrogens is 304 g/mol. The number of Topliss-reactive ketones (excluding diaryl/α,β-unsaturated/α-hetero) is 2. The van der Waals surface area contributed by atoms with Crippen molar-refractivity contribution in [3.8, 4) is 11.5 Å². The van der Waals surface area contributed by atoms with E-state index in [4.69, 9.17) is 4.74 Å². The van der Waals surface area contributed by atoms with Crippen LogP contribution in [0.5, 0.6) is 11.5 Å². The first-order chi connectivity index (χ1) is 11.2. The smallest absolute Gasteiger partial charge is 0.174 e. The average Bonchev–Trinajstić information content (AvgIpc) is 2.54. The molecule has 0 spiro atoms. The van der Waals surface area contributed by atoms with Gasteiger partial charge in [-0.1, -0.05) is 45.0 Å². The van der Waals surface area contributed by atoms with Crippen LogP contribution in [0.1, 0.15) is 53.5 Å². The molecule has 0 radical (unpaired) electrons. The monoisotopic (exact) mass is 326 g/mol. The molecule has 4 nitrogen and oxygen atoms in total. The third-order valence-corrected chi connectivity index (χ3v) is 3.90. The van der Waals surface area contributed by atoms with Crippen molar-refractivity contribution in [2.24, 2.45) is 0 Å². The van der Waals surface area contributed by atoms with Gasteiger partial charge in [-0.15, -0.1) is 0 Å². The molecule has 0 unspecified atom stereocenters. The molecule has 0 amide bonds. The number of hydrogen-bond acceptors (Lipinski definition) is 4. The zero-order valence-corrected chi connectivity index (χ0v) is 14.4. The number of carbonyl (C=O) groups is 2. The number of benzene rings is 2. The van der Waals surface area contributed by atoms with E-state index in [-0.39, 0.29) is 28.9 Å². The maximum absolute atomic E-state index is 12.3. The number of phenols is 1. The van der Waals surface area contributed by atoms with Gasteiger partial charge < -0.3 is 9.84 Å². The Morgan fingerprint density at radius 1 is 1.00 bits per heavy atom. The van der Waals surface area contributed by atoms with Crippen LogP contribution < -0.4 is 4.74 Å². The van der Waals surface area contributed by atoms with Crippen molar-refractivity contribution in [3.63, 3.8) is 0 Å². The van der Waals surface area contributed by atoms with E-state index in [2.05, 4.69) is 20.8 Å². The summed E-state index contributed by atoms with van der Waals surface area (Å²) in [4.78, 5) is 24.6. The molecule has 2 rings (SSSR count). The molecule has 0 heterocycles. The summed E-state index contributed by atoms with van der Waals surface area (Å²) in [5, 5.41) is 9.82. The highest BCUT2D eigenvalue weighted by Gasteiger charge is 2.19. The second kappa shape index (κ2) is 6.87. The molecule has 0 saturated heterocycles. The van der Waals surface area contributed by atoms with E-state index in [0.29, 0.717) is 11.3 Å². The minimum Gasteiger partial charge on any atom is -0.507 e. The zero-order valence-electron chi connectivity index (χ0n) is 14.4. The predicted molar refractivity (Wildman–Crippen MR) is 93.1 cm³/mol. The predicted octanol–water partition coefficient (Wildman–Crippen LogP) is 4.15. The van der Waals surface area contributed by atoms with E-state index in [1.54, 1.807) is 18.2 Å². The van der Waals surface area contributed by atoms with Crippen LogP contribution in [0, 0.1) is 0 Å². The topological polar surface area (TPSA) is 63.6 Å². The van der Waals surface area contributed by atoms with Crippen LogP contribution in [0.25, 0.3) is 0 Å². The third kappa shape index (κ3) is 4.02. The Hall–Kier alpha value is -2.62. The maximum atomic E-state index is 12.3. The molecule has 0 aliphatic heterocycles. The van der Waals surface area contributed by atoms with E-state index < -0.39 is 5.78 Å². The number of hydrogen-bond donors (Lipinski definition) is 1. The van der Waals surface area contributed by atoms with Crippen molar-refractivity contribution >= 4 is 11.6 Å². The van der Waals surface area contributed by atoms with Crippen molar-refractivity contribution in [1.29, 1.82) is 0 Å². The standard InChI is InChI=1S/C20H22O4/c1-20(2,3)14-7-5-13(6-8-14)18(22)12-19(23)16-11-15(24-4)9-10-17(16)21/h5-11,21H,12H2,1-4H3. The van der Waals surface area contributed by atoms with E-state index in [0.717, 1.165) is 5.56 Å². The van der Waals surface area contributed by atoms with Crippen LogP contribution in [-0.4, -0.2) is 23.8 Å². The van der Waals surface area contributed by atoms with Gasteiger partial charge >= 0.3 is 0 Å². The summed E-state index contributed by atoms with van der Waals surface area (Å²) in [6, 6.07) is 11.7. The minimum absolute atomic E-state index is 0.00375. The van der Waals surface area contributed by atoms with Crippen molar-refractivity contribution in [2.75, 3.05) is 7.11 Å². The Morgan fingerprint density at radius 2 is 1.62 bits per heavy atom. The molecule has 0 bridgehead atoms. The van der Waals surface area contributed by atoms with Crippen molar-refractivity contribution in [3.05, 3.63) is 59.2 Å². The molecule has 24 heavy (non-hydrogen) atoms. The van der Waals surface area contributed by atoms with Crippen LogP contribution >= 0.6 is 0 Å². The van der Waals surface area contributed by atoms with E-state index in [1.807, 2.05) is 12.1 Å². The Bertz CT molecular complexity index is 752. The van der Waals surface area contributed by atoms with Gasteiger partial charge in [0.1, 0.15) is 11.5 Å². The number of ether oxygens (including phenoxy) is 1. The molecule has 1 N–H and O–H groups in total. The Morgan fingerprint density at radius 3 is 2.17 bits per heavy atom. The number of methoxy groups -OCH3 is 1. The molecule has 0 saturated carbocycles. The summed E-state index contributed by atoms with van der Waals surface area (Å²) < 4.78 is 5.05. The number of aromatic hydroxyl groups is 1. The lowest BCUT2D eigenvalue weighted by atomic mass is 9.86. The first kappa shape index (κ1) is 17.7. The second-order valence-corrected chi connectivity index (χ2v) is 6.73. The Kier molecular flexibility index (Phi) is 5.07. The number of ketones is 2. The summed E-state index contributed by atoms with van der Waals surface area (Å²) in [5.74, 6) is -0.409. The van der Waals surface area contributed by atoms with Gasteiger partial charge in [-0.05, 0) is 29.2 Å².